The SMILES string of the molecule is CCCOc1ccc[c]([Sn]([CH3])([CH3])[CH3])n1. The average molecular weight is 300 g/mol. The molecule has 0 N–H and O–H groups in total. The second-order valence-electron chi connectivity index (χ2n) is 4.46. The molecule has 0 fully saturated rings. The van der Waals surface area contributed by atoms with E-state index in [1.807, 2.05) is 6.07 Å². The van der Waals surface area contributed by atoms with E-state index in [-0.39, 0.29) is 0 Å². The van der Waals surface area contributed by atoms with E-state index in [1.165, 1.54) is 3.71 Å². The molecular formula is C11H19NOSn. The molecular weight excluding hydrogens is 281 g/mol. The van der Waals surface area contributed by atoms with Gasteiger partial charge in [-0.15, -0.1) is 0 Å². The van der Waals surface area contributed by atoms with E-state index in [9.17, 15) is 0 Å². The summed E-state index contributed by atoms with van der Waals surface area (Å²) in [6.07, 6.45) is 1.03. The Kier molecular flexibility index (Phi) is 4.23. The Morgan fingerprint density at radius 2 is 2.00 bits per heavy atom. The maximum absolute atomic E-state index is 5.51. The molecule has 0 aromatic carbocycles. The summed E-state index contributed by atoms with van der Waals surface area (Å²) in [5, 5.41) is 0. The predicted molar refractivity (Wildman–Crippen MR) is 63.0 cm³/mol. The number of hydrogen-bond donors (Lipinski definition) is 0. The molecule has 0 aliphatic heterocycles. The van der Waals surface area contributed by atoms with Gasteiger partial charge in [0, 0.05) is 0 Å². The molecule has 1 aromatic heterocycles. The molecule has 0 bridgehead atoms. The van der Waals surface area contributed by atoms with Crippen molar-refractivity contribution in [3.05, 3.63) is 18.2 Å². The molecule has 0 spiro atoms. The Balaban J connectivity index is 2.79. The molecule has 0 aliphatic rings. The van der Waals surface area contributed by atoms with Crippen molar-refractivity contribution in [3.63, 3.8) is 0 Å². The minimum atomic E-state index is -2.00. The number of hydrogen-bond acceptors (Lipinski definition) is 2. The first-order valence-electron chi connectivity index (χ1n) is 5.14. The van der Waals surface area contributed by atoms with Crippen molar-refractivity contribution in [2.45, 2.75) is 28.2 Å². The zero-order valence-electron chi connectivity index (χ0n) is 9.50. The molecule has 2 nitrogen and oxygen atoms in total. The molecule has 14 heavy (non-hydrogen) atoms. The Hall–Kier alpha value is -0.251. The summed E-state index contributed by atoms with van der Waals surface area (Å²) in [6, 6.07) is 6.13. The maximum atomic E-state index is 5.51. The molecule has 0 atom stereocenters. The van der Waals surface area contributed by atoms with Gasteiger partial charge in [-0.25, -0.2) is 0 Å². The first-order chi connectivity index (χ1) is 6.54. The zero-order valence-corrected chi connectivity index (χ0v) is 12.4. The molecule has 0 amide bonds. The molecule has 3 heteroatoms. The minimum absolute atomic E-state index is 0.760. The van der Waals surface area contributed by atoms with Gasteiger partial charge in [0.05, 0.1) is 0 Å². The van der Waals surface area contributed by atoms with Gasteiger partial charge in [-0.3, -0.25) is 0 Å². The third kappa shape index (κ3) is 3.48. The van der Waals surface area contributed by atoms with Crippen LogP contribution in [0.5, 0.6) is 5.88 Å². The van der Waals surface area contributed by atoms with Crippen molar-refractivity contribution in [1.29, 1.82) is 0 Å². The van der Waals surface area contributed by atoms with E-state index in [1.54, 1.807) is 0 Å². The topological polar surface area (TPSA) is 22.1 Å². The Morgan fingerprint density at radius 3 is 2.57 bits per heavy atom. The fourth-order valence-corrected chi connectivity index (χ4v) is 4.09. The fraction of sp³-hybridized carbons (Fsp3) is 0.545. The van der Waals surface area contributed by atoms with Gasteiger partial charge in [-0.1, -0.05) is 0 Å². The second kappa shape index (κ2) is 5.01. The number of pyridine rings is 1. The average Bonchev–Trinajstić information content (AvgIpc) is 2.14. The summed E-state index contributed by atoms with van der Waals surface area (Å²) in [5.74, 6) is 0.788. The Labute approximate surface area is 90.6 Å². The van der Waals surface area contributed by atoms with Crippen LogP contribution in [0.4, 0.5) is 0 Å². The number of rotatable bonds is 4. The van der Waals surface area contributed by atoms with Crippen LogP contribution < -0.4 is 8.45 Å². The quantitative estimate of drug-likeness (QED) is 0.797. The van der Waals surface area contributed by atoms with Gasteiger partial charge < -0.3 is 0 Å². The number of ether oxygens (including phenoxy) is 1. The van der Waals surface area contributed by atoms with E-state index in [4.69, 9.17) is 4.74 Å². The van der Waals surface area contributed by atoms with Crippen LogP contribution in [0.2, 0.25) is 14.8 Å². The summed E-state index contributed by atoms with van der Waals surface area (Å²) in [4.78, 5) is 11.6. The van der Waals surface area contributed by atoms with Gasteiger partial charge in [-0.05, 0) is 0 Å². The van der Waals surface area contributed by atoms with Crippen LogP contribution in [0.15, 0.2) is 18.2 Å². The standard InChI is InChI=1S/C8H10NO.3CH3.Sn/c1-2-7-10-8-5-3-4-6-9-8;;;;/h3-5H,2,7H2,1H3;3*1H3;. The number of aromatic nitrogens is 1. The first kappa shape index (κ1) is 11.8. The summed E-state index contributed by atoms with van der Waals surface area (Å²) in [6.45, 7) is 2.86. The fourth-order valence-electron chi connectivity index (χ4n) is 1.12. The second-order valence-corrected chi connectivity index (χ2v) is 18.8. The van der Waals surface area contributed by atoms with Gasteiger partial charge in [0.15, 0.2) is 0 Å². The van der Waals surface area contributed by atoms with Crippen LogP contribution in [0.1, 0.15) is 13.3 Å². The van der Waals surface area contributed by atoms with Gasteiger partial charge in [0.1, 0.15) is 0 Å². The molecule has 0 aliphatic carbocycles. The van der Waals surface area contributed by atoms with Crippen LogP contribution in [0, 0.1) is 0 Å². The third-order valence-corrected chi connectivity index (χ3v) is 7.13. The predicted octanol–water partition coefficient (Wildman–Crippen LogP) is 2.42. The van der Waals surface area contributed by atoms with E-state index in [0.29, 0.717) is 0 Å². The molecule has 1 heterocycles. The molecule has 0 radical (unpaired) electrons. The van der Waals surface area contributed by atoms with Crippen molar-refractivity contribution in [1.82, 2.24) is 4.98 Å². The Morgan fingerprint density at radius 1 is 1.29 bits per heavy atom. The van der Waals surface area contributed by atoms with Gasteiger partial charge in [0.2, 0.25) is 0 Å². The third-order valence-electron chi connectivity index (χ3n) is 1.95. The van der Waals surface area contributed by atoms with E-state index in [2.05, 4.69) is 38.9 Å². The van der Waals surface area contributed by atoms with Crippen molar-refractivity contribution < 1.29 is 4.74 Å². The van der Waals surface area contributed by atoms with Crippen LogP contribution >= 0.6 is 0 Å². The number of nitrogens with zero attached hydrogens (tertiary/aromatic N) is 1. The zero-order chi connectivity index (χ0) is 10.6. The van der Waals surface area contributed by atoms with Crippen molar-refractivity contribution in [2.24, 2.45) is 0 Å². The van der Waals surface area contributed by atoms with Gasteiger partial charge in [0.25, 0.3) is 0 Å². The first-order valence-corrected chi connectivity index (χ1v) is 15.1. The van der Waals surface area contributed by atoms with Crippen molar-refractivity contribution in [3.8, 4) is 5.88 Å². The van der Waals surface area contributed by atoms with Gasteiger partial charge >= 0.3 is 90.7 Å². The van der Waals surface area contributed by atoms with Crippen LogP contribution in [-0.2, 0) is 0 Å². The molecule has 1 rings (SSSR count). The molecule has 0 saturated heterocycles. The Bertz CT molecular complexity index is 294. The van der Waals surface area contributed by atoms with Crippen molar-refractivity contribution >= 4 is 22.1 Å². The monoisotopic (exact) mass is 301 g/mol. The van der Waals surface area contributed by atoms with E-state index >= 15 is 0 Å². The molecule has 1 aromatic rings. The summed E-state index contributed by atoms with van der Waals surface area (Å²) in [7, 11) is 0. The molecule has 0 unspecified atom stereocenters. The summed E-state index contributed by atoms with van der Waals surface area (Å²) >= 11 is -2.00. The molecule has 78 valence electrons. The van der Waals surface area contributed by atoms with Gasteiger partial charge in [-0.2, -0.15) is 0 Å². The summed E-state index contributed by atoms with van der Waals surface area (Å²) < 4.78 is 6.80. The summed E-state index contributed by atoms with van der Waals surface area (Å²) in [5.41, 5.74) is 0. The normalized spacial score (nSPS) is 11.4. The van der Waals surface area contributed by atoms with Crippen molar-refractivity contribution in [2.75, 3.05) is 6.61 Å². The molecule has 0 saturated carbocycles. The van der Waals surface area contributed by atoms with E-state index in [0.717, 1.165) is 18.9 Å². The van der Waals surface area contributed by atoms with Crippen LogP contribution in [0.3, 0.4) is 0 Å². The van der Waals surface area contributed by atoms with Crippen LogP contribution in [-0.4, -0.2) is 30.0 Å². The van der Waals surface area contributed by atoms with Crippen LogP contribution in [0.25, 0.3) is 0 Å². The van der Waals surface area contributed by atoms with E-state index < -0.39 is 18.4 Å².